The van der Waals surface area contributed by atoms with Gasteiger partial charge in [0.15, 0.2) is 0 Å². The molecule has 0 spiro atoms. The summed E-state index contributed by atoms with van der Waals surface area (Å²) in [5, 5.41) is 2.71. The molecule has 0 rings (SSSR count). The van der Waals surface area contributed by atoms with E-state index in [2.05, 4.69) is 11.2 Å². The van der Waals surface area contributed by atoms with Crippen LogP contribution in [-0.4, -0.2) is 17.8 Å². The van der Waals surface area contributed by atoms with Crippen molar-refractivity contribution in [2.24, 2.45) is 5.92 Å². The van der Waals surface area contributed by atoms with Gasteiger partial charge in [-0.2, -0.15) is 0 Å². The van der Waals surface area contributed by atoms with Crippen molar-refractivity contribution in [2.75, 3.05) is 5.88 Å². The van der Waals surface area contributed by atoms with Gasteiger partial charge in [-0.3, -0.25) is 4.79 Å². The molecule has 0 aliphatic heterocycles. The second-order valence-corrected chi connectivity index (χ2v) is 3.00. The Labute approximate surface area is 78.7 Å². The molecule has 0 aromatic carbocycles. The number of nitrogens with one attached hydrogen (secondary N) is 1. The minimum Gasteiger partial charge on any atom is -0.342 e. The minimum absolute atomic E-state index is 0.0743. The third kappa shape index (κ3) is 3.64. The molecule has 0 heterocycles. The summed E-state index contributed by atoms with van der Waals surface area (Å²) in [5.41, 5.74) is 0. The summed E-state index contributed by atoms with van der Waals surface area (Å²) in [6.45, 7) is 3.70. The molecule has 0 radical (unpaired) electrons. The normalized spacial score (nSPS) is 14.5. The first kappa shape index (κ1) is 11.3. The van der Waals surface area contributed by atoms with Crippen LogP contribution >= 0.6 is 11.6 Å². The van der Waals surface area contributed by atoms with E-state index in [0.717, 1.165) is 6.42 Å². The number of carbonyl (C=O) groups is 1. The van der Waals surface area contributed by atoms with Crippen LogP contribution in [0.2, 0.25) is 0 Å². The first-order chi connectivity index (χ1) is 5.65. The molecule has 0 aromatic heterocycles. The van der Waals surface area contributed by atoms with Crippen molar-refractivity contribution in [1.29, 1.82) is 0 Å². The molecular weight excluding hydrogens is 174 g/mol. The van der Waals surface area contributed by atoms with Gasteiger partial charge in [-0.1, -0.05) is 19.8 Å². The lowest BCUT2D eigenvalue weighted by atomic mass is 10.1. The summed E-state index contributed by atoms with van der Waals surface area (Å²) >= 11 is 5.50. The Balaban J connectivity index is 3.92. The van der Waals surface area contributed by atoms with Crippen LogP contribution in [0.3, 0.4) is 0 Å². The van der Waals surface area contributed by atoms with Crippen molar-refractivity contribution in [3.63, 3.8) is 0 Å². The topological polar surface area (TPSA) is 29.1 Å². The molecule has 0 fully saturated rings. The number of halogens is 1. The van der Waals surface area contributed by atoms with E-state index >= 15 is 0 Å². The maximum absolute atomic E-state index is 11.2. The number of hydrogen-bond acceptors (Lipinski definition) is 1. The summed E-state index contributed by atoms with van der Waals surface area (Å²) in [6.07, 6.45) is 5.92. The zero-order chi connectivity index (χ0) is 9.56. The van der Waals surface area contributed by atoms with Crippen LogP contribution in [0.25, 0.3) is 0 Å². The molecular formula is C9H14ClNO. The van der Waals surface area contributed by atoms with Crippen molar-refractivity contribution >= 4 is 17.5 Å². The van der Waals surface area contributed by atoms with E-state index in [-0.39, 0.29) is 17.9 Å². The van der Waals surface area contributed by atoms with E-state index in [0.29, 0.717) is 5.88 Å². The Bertz CT molecular complexity index is 185. The molecule has 0 aliphatic rings. The smallest absolute Gasteiger partial charge is 0.224 e. The number of carbonyl (C=O) groups excluding carboxylic acids is 1. The Morgan fingerprint density at radius 1 is 1.75 bits per heavy atom. The summed E-state index contributed by atoms with van der Waals surface area (Å²) in [5.74, 6) is 2.57. The number of alkyl halides is 1. The second-order valence-electron chi connectivity index (χ2n) is 2.69. The summed E-state index contributed by atoms with van der Waals surface area (Å²) in [4.78, 5) is 11.2. The van der Waals surface area contributed by atoms with Crippen molar-refractivity contribution in [1.82, 2.24) is 5.32 Å². The molecule has 1 amide bonds. The van der Waals surface area contributed by atoms with Crippen LogP contribution in [-0.2, 0) is 4.79 Å². The summed E-state index contributed by atoms with van der Waals surface area (Å²) < 4.78 is 0. The van der Waals surface area contributed by atoms with Gasteiger partial charge in [0.1, 0.15) is 0 Å². The fraction of sp³-hybridized carbons (Fsp3) is 0.667. The maximum Gasteiger partial charge on any atom is 0.224 e. The van der Waals surface area contributed by atoms with E-state index in [9.17, 15) is 4.79 Å². The molecule has 0 saturated carbocycles. The molecule has 68 valence electrons. The van der Waals surface area contributed by atoms with Crippen molar-refractivity contribution in [2.45, 2.75) is 26.3 Å². The van der Waals surface area contributed by atoms with E-state index in [1.54, 1.807) is 6.92 Å². The van der Waals surface area contributed by atoms with Crippen molar-refractivity contribution in [3.8, 4) is 12.3 Å². The zero-order valence-corrected chi connectivity index (χ0v) is 8.19. The summed E-state index contributed by atoms with van der Waals surface area (Å²) in [6, 6.07) is -0.164. The van der Waals surface area contributed by atoms with Crippen LogP contribution in [0.1, 0.15) is 20.3 Å². The molecule has 0 aromatic rings. The lowest BCUT2D eigenvalue weighted by Crippen LogP contribution is -2.37. The highest BCUT2D eigenvalue weighted by atomic mass is 35.5. The predicted octanol–water partition coefficient (Wildman–Crippen LogP) is 1.39. The van der Waals surface area contributed by atoms with Gasteiger partial charge in [0, 0.05) is 11.8 Å². The number of hydrogen-bond donors (Lipinski definition) is 1. The predicted molar refractivity (Wildman–Crippen MR) is 50.9 cm³/mol. The average Bonchev–Trinajstić information content (AvgIpc) is 2.12. The van der Waals surface area contributed by atoms with Crippen LogP contribution in [0.4, 0.5) is 0 Å². The third-order valence-corrected chi connectivity index (χ3v) is 2.07. The standard InChI is InChI=1S/C9H14ClNO/c1-4-8(5-2)11-9(12)7(3)6-10/h1,7-8H,5-6H2,2-3H3,(H,11,12). The van der Waals surface area contributed by atoms with E-state index < -0.39 is 0 Å². The quantitative estimate of drug-likeness (QED) is 0.523. The Hall–Kier alpha value is -0.680. The average molecular weight is 188 g/mol. The van der Waals surface area contributed by atoms with Gasteiger partial charge in [-0.25, -0.2) is 0 Å². The number of amides is 1. The van der Waals surface area contributed by atoms with E-state index in [4.69, 9.17) is 18.0 Å². The van der Waals surface area contributed by atoms with Gasteiger partial charge in [0.25, 0.3) is 0 Å². The molecule has 0 bridgehead atoms. The lowest BCUT2D eigenvalue weighted by molar-refractivity contribution is -0.124. The Kier molecular flexibility index (Phi) is 5.57. The molecule has 0 saturated heterocycles. The summed E-state index contributed by atoms with van der Waals surface area (Å²) in [7, 11) is 0. The molecule has 2 atom stereocenters. The first-order valence-electron chi connectivity index (χ1n) is 3.98. The van der Waals surface area contributed by atoms with Crippen molar-refractivity contribution in [3.05, 3.63) is 0 Å². The van der Waals surface area contributed by atoms with Gasteiger partial charge in [0.05, 0.1) is 6.04 Å². The van der Waals surface area contributed by atoms with E-state index in [1.807, 2.05) is 6.92 Å². The van der Waals surface area contributed by atoms with Crippen LogP contribution < -0.4 is 5.32 Å². The number of rotatable bonds is 4. The highest BCUT2D eigenvalue weighted by molar-refractivity contribution is 6.19. The highest BCUT2D eigenvalue weighted by Crippen LogP contribution is 1.99. The van der Waals surface area contributed by atoms with Crippen molar-refractivity contribution < 1.29 is 4.79 Å². The number of terminal acetylenes is 1. The zero-order valence-electron chi connectivity index (χ0n) is 7.43. The molecule has 3 heteroatoms. The Morgan fingerprint density at radius 2 is 2.33 bits per heavy atom. The molecule has 0 aliphatic carbocycles. The third-order valence-electron chi connectivity index (χ3n) is 1.60. The van der Waals surface area contributed by atoms with Crippen LogP contribution in [0.5, 0.6) is 0 Å². The SMILES string of the molecule is C#CC(CC)NC(=O)C(C)CCl. The lowest BCUT2D eigenvalue weighted by Gasteiger charge is -2.13. The van der Waals surface area contributed by atoms with Gasteiger partial charge in [-0.05, 0) is 6.42 Å². The van der Waals surface area contributed by atoms with Gasteiger partial charge in [-0.15, -0.1) is 18.0 Å². The highest BCUT2D eigenvalue weighted by Gasteiger charge is 2.13. The molecule has 12 heavy (non-hydrogen) atoms. The van der Waals surface area contributed by atoms with Gasteiger partial charge in [0.2, 0.25) is 5.91 Å². The molecule has 2 nitrogen and oxygen atoms in total. The monoisotopic (exact) mass is 187 g/mol. The fourth-order valence-electron chi connectivity index (χ4n) is 0.646. The largest absolute Gasteiger partial charge is 0.342 e. The van der Waals surface area contributed by atoms with E-state index in [1.165, 1.54) is 0 Å². The second kappa shape index (κ2) is 5.91. The van der Waals surface area contributed by atoms with Gasteiger partial charge < -0.3 is 5.32 Å². The first-order valence-corrected chi connectivity index (χ1v) is 4.51. The minimum atomic E-state index is -0.172. The van der Waals surface area contributed by atoms with Crippen LogP contribution in [0, 0.1) is 18.3 Å². The maximum atomic E-state index is 11.2. The molecule has 1 N–H and O–H groups in total. The molecule has 2 unspecified atom stereocenters. The Morgan fingerprint density at radius 3 is 2.67 bits per heavy atom. The van der Waals surface area contributed by atoms with Gasteiger partial charge >= 0.3 is 0 Å². The fourth-order valence-corrected chi connectivity index (χ4v) is 0.786. The van der Waals surface area contributed by atoms with Crippen LogP contribution in [0.15, 0.2) is 0 Å².